The molecule has 1 aromatic rings. The summed E-state index contributed by atoms with van der Waals surface area (Å²) in [5.41, 5.74) is 0.207. The molecule has 1 N–H and O–H groups in total. The Hall–Kier alpha value is -1.07. The number of thioether (sulfide) groups is 1. The van der Waals surface area contributed by atoms with Crippen LogP contribution < -0.4 is 5.32 Å². The van der Waals surface area contributed by atoms with Crippen molar-refractivity contribution < 1.29 is 4.92 Å². The Balaban J connectivity index is 2.60. The van der Waals surface area contributed by atoms with E-state index in [-0.39, 0.29) is 10.6 Å². The average molecular weight is 282 g/mol. The van der Waals surface area contributed by atoms with E-state index in [0.29, 0.717) is 6.04 Å². The number of nitro benzene ring substituents is 1. The maximum atomic E-state index is 10.9. The molecular formula is C14H22N2O2S. The van der Waals surface area contributed by atoms with E-state index in [1.165, 1.54) is 0 Å². The molecule has 0 aromatic heterocycles. The lowest BCUT2D eigenvalue weighted by Crippen LogP contribution is -2.31. The third-order valence-corrected chi connectivity index (χ3v) is 4.05. The molecule has 1 aromatic carbocycles. The molecule has 106 valence electrons. The largest absolute Gasteiger partial charge is 0.313 e. The summed E-state index contributed by atoms with van der Waals surface area (Å²) >= 11 is 1.57. The summed E-state index contributed by atoms with van der Waals surface area (Å²) < 4.78 is 0. The van der Waals surface area contributed by atoms with Gasteiger partial charge in [0.15, 0.2) is 0 Å². The van der Waals surface area contributed by atoms with E-state index in [1.54, 1.807) is 23.9 Å². The molecule has 1 unspecified atom stereocenters. The van der Waals surface area contributed by atoms with Gasteiger partial charge in [0, 0.05) is 17.9 Å². The molecule has 0 saturated heterocycles. The molecule has 0 aliphatic heterocycles. The molecule has 0 spiro atoms. The van der Waals surface area contributed by atoms with Crippen molar-refractivity contribution in [3.8, 4) is 0 Å². The molecule has 0 amide bonds. The predicted octanol–water partition coefficient (Wildman–Crippen LogP) is 3.86. The molecule has 0 saturated carbocycles. The topological polar surface area (TPSA) is 55.2 Å². The van der Waals surface area contributed by atoms with Crippen molar-refractivity contribution in [3.63, 3.8) is 0 Å². The zero-order valence-corrected chi connectivity index (χ0v) is 12.4. The van der Waals surface area contributed by atoms with Crippen LogP contribution in [-0.4, -0.2) is 23.3 Å². The summed E-state index contributed by atoms with van der Waals surface area (Å²) in [5.74, 6) is 0.874. The predicted molar refractivity (Wildman–Crippen MR) is 80.8 cm³/mol. The number of hydrogen-bond acceptors (Lipinski definition) is 4. The van der Waals surface area contributed by atoms with Gasteiger partial charge in [0.2, 0.25) is 0 Å². The van der Waals surface area contributed by atoms with Gasteiger partial charge >= 0.3 is 0 Å². The SMILES string of the molecule is CCCNC(CCC)CSc1ccccc1[N+](=O)[O-]. The molecule has 5 heteroatoms. The number of rotatable bonds is 9. The van der Waals surface area contributed by atoms with Gasteiger partial charge in [-0.15, -0.1) is 11.8 Å². The van der Waals surface area contributed by atoms with Crippen molar-refractivity contribution in [2.24, 2.45) is 0 Å². The molecule has 0 bridgehead atoms. The number of nitro groups is 1. The van der Waals surface area contributed by atoms with Crippen molar-refractivity contribution in [2.45, 2.75) is 44.0 Å². The minimum atomic E-state index is -0.309. The fraction of sp³-hybridized carbons (Fsp3) is 0.571. The molecule has 4 nitrogen and oxygen atoms in total. The highest BCUT2D eigenvalue weighted by Crippen LogP contribution is 2.29. The fourth-order valence-corrected chi connectivity index (χ4v) is 2.99. The van der Waals surface area contributed by atoms with E-state index in [2.05, 4.69) is 19.2 Å². The van der Waals surface area contributed by atoms with Crippen LogP contribution in [0.1, 0.15) is 33.1 Å². The van der Waals surface area contributed by atoms with Gasteiger partial charge in [-0.05, 0) is 25.5 Å². The molecule has 0 aliphatic carbocycles. The van der Waals surface area contributed by atoms with Crippen molar-refractivity contribution in [1.29, 1.82) is 0 Å². The number of para-hydroxylation sites is 1. The van der Waals surface area contributed by atoms with E-state index >= 15 is 0 Å². The van der Waals surface area contributed by atoms with Crippen LogP contribution in [0.2, 0.25) is 0 Å². The van der Waals surface area contributed by atoms with Gasteiger partial charge in [0.1, 0.15) is 0 Å². The van der Waals surface area contributed by atoms with Gasteiger partial charge in [0.25, 0.3) is 5.69 Å². The Labute approximate surface area is 119 Å². The molecule has 0 radical (unpaired) electrons. The van der Waals surface area contributed by atoms with Crippen LogP contribution >= 0.6 is 11.8 Å². The summed E-state index contributed by atoms with van der Waals surface area (Å²) in [7, 11) is 0. The first-order valence-electron chi connectivity index (χ1n) is 6.78. The van der Waals surface area contributed by atoms with Crippen molar-refractivity contribution in [2.75, 3.05) is 12.3 Å². The average Bonchev–Trinajstić information content (AvgIpc) is 2.42. The standard InChI is InChI=1S/C14H22N2O2S/c1-3-7-12(15-10-4-2)11-19-14-9-6-5-8-13(14)16(17)18/h5-6,8-9,12,15H,3-4,7,10-11H2,1-2H3. The summed E-state index contributed by atoms with van der Waals surface area (Å²) in [6, 6.07) is 7.38. The zero-order chi connectivity index (χ0) is 14.1. The summed E-state index contributed by atoms with van der Waals surface area (Å²) in [6.45, 7) is 5.31. The monoisotopic (exact) mass is 282 g/mol. The lowest BCUT2D eigenvalue weighted by molar-refractivity contribution is -0.387. The van der Waals surface area contributed by atoms with Crippen molar-refractivity contribution >= 4 is 17.4 Å². The second kappa shape index (κ2) is 8.93. The molecule has 1 rings (SSSR count). The third kappa shape index (κ3) is 5.61. The van der Waals surface area contributed by atoms with Crippen LogP contribution in [0.15, 0.2) is 29.2 Å². The van der Waals surface area contributed by atoms with Crippen LogP contribution in [-0.2, 0) is 0 Å². The summed E-state index contributed by atoms with van der Waals surface area (Å²) in [5, 5.41) is 14.4. The van der Waals surface area contributed by atoms with Crippen molar-refractivity contribution in [1.82, 2.24) is 5.32 Å². The Kier molecular flexibility index (Phi) is 7.52. The third-order valence-electron chi connectivity index (χ3n) is 2.82. The molecular weight excluding hydrogens is 260 g/mol. The van der Waals surface area contributed by atoms with Gasteiger partial charge in [-0.3, -0.25) is 10.1 Å². The van der Waals surface area contributed by atoms with E-state index < -0.39 is 0 Å². The van der Waals surface area contributed by atoms with Crippen LogP contribution in [0.4, 0.5) is 5.69 Å². The summed E-state index contributed by atoms with van der Waals surface area (Å²) in [4.78, 5) is 11.4. The van der Waals surface area contributed by atoms with Gasteiger partial charge in [-0.2, -0.15) is 0 Å². The maximum absolute atomic E-state index is 10.9. The Bertz CT molecular complexity index is 399. The van der Waals surface area contributed by atoms with Crippen molar-refractivity contribution in [3.05, 3.63) is 34.4 Å². The Morgan fingerprint density at radius 3 is 2.68 bits per heavy atom. The second-order valence-electron chi connectivity index (χ2n) is 4.48. The van der Waals surface area contributed by atoms with Crippen LogP contribution in [0.5, 0.6) is 0 Å². The Morgan fingerprint density at radius 2 is 2.05 bits per heavy atom. The first kappa shape index (κ1) is 16.0. The van der Waals surface area contributed by atoms with Gasteiger partial charge in [0.05, 0.1) is 9.82 Å². The van der Waals surface area contributed by atoms with Crippen LogP contribution in [0.3, 0.4) is 0 Å². The first-order chi connectivity index (χ1) is 9.19. The van der Waals surface area contributed by atoms with Gasteiger partial charge < -0.3 is 5.32 Å². The first-order valence-corrected chi connectivity index (χ1v) is 7.77. The van der Waals surface area contributed by atoms with Gasteiger partial charge in [-0.1, -0.05) is 32.4 Å². The van der Waals surface area contributed by atoms with E-state index in [4.69, 9.17) is 0 Å². The lowest BCUT2D eigenvalue weighted by atomic mass is 10.2. The number of hydrogen-bond donors (Lipinski definition) is 1. The fourth-order valence-electron chi connectivity index (χ4n) is 1.86. The van der Waals surface area contributed by atoms with E-state index in [0.717, 1.165) is 36.5 Å². The number of nitrogens with zero attached hydrogens (tertiary/aromatic N) is 1. The minimum Gasteiger partial charge on any atom is -0.313 e. The summed E-state index contributed by atoms with van der Waals surface area (Å²) in [6.07, 6.45) is 3.34. The molecule has 0 aliphatic rings. The highest BCUT2D eigenvalue weighted by molar-refractivity contribution is 7.99. The lowest BCUT2D eigenvalue weighted by Gasteiger charge is -2.17. The Morgan fingerprint density at radius 1 is 1.32 bits per heavy atom. The quantitative estimate of drug-likeness (QED) is 0.424. The van der Waals surface area contributed by atoms with E-state index in [1.807, 2.05) is 12.1 Å². The van der Waals surface area contributed by atoms with Crippen LogP contribution in [0.25, 0.3) is 0 Å². The molecule has 19 heavy (non-hydrogen) atoms. The number of nitrogens with one attached hydrogen (secondary N) is 1. The highest BCUT2D eigenvalue weighted by Gasteiger charge is 2.15. The van der Waals surface area contributed by atoms with Crippen LogP contribution in [0, 0.1) is 10.1 Å². The van der Waals surface area contributed by atoms with Gasteiger partial charge in [-0.25, -0.2) is 0 Å². The normalized spacial score (nSPS) is 12.3. The molecule has 0 fully saturated rings. The van der Waals surface area contributed by atoms with E-state index in [9.17, 15) is 10.1 Å². The molecule has 0 heterocycles. The minimum absolute atomic E-state index is 0.207. The zero-order valence-electron chi connectivity index (χ0n) is 11.6. The second-order valence-corrected chi connectivity index (χ2v) is 5.54. The maximum Gasteiger partial charge on any atom is 0.282 e. The smallest absolute Gasteiger partial charge is 0.282 e. The molecule has 1 atom stereocenters. The highest BCUT2D eigenvalue weighted by atomic mass is 32.2. The number of benzene rings is 1.